The van der Waals surface area contributed by atoms with Gasteiger partial charge in [0.15, 0.2) is 5.69 Å². The summed E-state index contributed by atoms with van der Waals surface area (Å²) in [6.07, 6.45) is 2.01. The maximum absolute atomic E-state index is 13.7. The van der Waals surface area contributed by atoms with E-state index in [4.69, 9.17) is 4.74 Å². The van der Waals surface area contributed by atoms with Gasteiger partial charge in [-0.1, -0.05) is 24.3 Å². The van der Waals surface area contributed by atoms with E-state index < -0.39 is 0 Å². The van der Waals surface area contributed by atoms with Crippen LogP contribution in [0, 0.1) is 0 Å². The Morgan fingerprint density at radius 3 is 2.72 bits per heavy atom. The van der Waals surface area contributed by atoms with E-state index in [-0.39, 0.29) is 23.6 Å². The largest absolute Gasteiger partial charge is 0.376 e. The molecule has 0 spiro atoms. The van der Waals surface area contributed by atoms with Crippen molar-refractivity contribution in [2.24, 2.45) is 0 Å². The summed E-state index contributed by atoms with van der Waals surface area (Å²) in [5.74, 6) is -0.167. The maximum atomic E-state index is 13.7. The van der Waals surface area contributed by atoms with Gasteiger partial charge in [-0.25, -0.2) is 4.68 Å². The highest BCUT2D eigenvalue weighted by molar-refractivity contribution is 7.09. The van der Waals surface area contributed by atoms with Gasteiger partial charge in [-0.2, -0.15) is 5.10 Å². The Morgan fingerprint density at radius 1 is 1.28 bits per heavy atom. The minimum atomic E-state index is -0.170. The van der Waals surface area contributed by atoms with E-state index in [2.05, 4.69) is 5.10 Å². The smallest absolute Gasteiger partial charge is 0.275 e. The predicted octanol–water partition coefficient (Wildman–Crippen LogP) is 3.86. The molecule has 7 heteroatoms. The van der Waals surface area contributed by atoms with Crippen LogP contribution in [0.2, 0.25) is 0 Å². The van der Waals surface area contributed by atoms with Gasteiger partial charge in [0, 0.05) is 23.4 Å². The van der Waals surface area contributed by atoms with Crippen LogP contribution >= 0.6 is 11.3 Å². The second-order valence-corrected chi connectivity index (χ2v) is 8.67. The van der Waals surface area contributed by atoms with Crippen molar-refractivity contribution >= 4 is 28.0 Å². The molecule has 6 nitrogen and oxygen atoms in total. The van der Waals surface area contributed by atoms with Gasteiger partial charge >= 0.3 is 0 Å². The highest BCUT2D eigenvalue weighted by Gasteiger charge is 2.27. The minimum Gasteiger partial charge on any atom is -0.376 e. The van der Waals surface area contributed by atoms with E-state index in [1.165, 1.54) is 4.68 Å². The molecule has 3 aromatic rings. The van der Waals surface area contributed by atoms with Crippen LogP contribution in [0.5, 0.6) is 0 Å². The van der Waals surface area contributed by atoms with Gasteiger partial charge in [0.1, 0.15) is 0 Å². The Labute approximate surface area is 173 Å². The fourth-order valence-electron chi connectivity index (χ4n) is 3.71. The van der Waals surface area contributed by atoms with Crippen LogP contribution in [0.3, 0.4) is 0 Å². The molecule has 0 bridgehead atoms. The SMILES string of the molecule is CC(C)n1nc(C(=O)N(Cc2cccs2)CC2CCCO2)c2ccccc2c1=O. The molecular formula is C22H25N3O3S. The molecule has 1 aliphatic heterocycles. The van der Waals surface area contributed by atoms with E-state index >= 15 is 0 Å². The number of hydrogen-bond acceptors (Lipinski definition) is 5. The normalized spacial score (nSPS) is 16.6. The van der Waals surface area contributed by atoms with Crippen LogP contribution in [0.4, 0.5) is 0 Å². The molecule has 0 radical (unpaired) electrons. The quantitative estimate of drug-likeness (QED) is 0.618. The fraction of sp³-hybridized carbons (Fsp3) is 0.409. The number of carbonyl (C=O) groups excluding carboxylic acids is 1. The molecule has 1 unspecified atom stereocenters. The summed E-state index contributed by atoms with van der Waals surface area (Å²) >= 11 is 1.63. The first kappa shape index (κ1) is 19.8. The molecular weight excluding hydrogens is 386 g/mol. The van der Waals surface area contributed by atoms with Crippen molar-refractivity contribution in [1.82, 2.24) is 14.7 Å². The summed E-state index contributed by atoms with van der Waals surface area (Å²) in [7, 11) is 0. The Balaban J connectivity index is 1.77. The topological polar surface area (TPSA) is 64.4 Å². The third-order valence-corrected chi connectivity index (χ3v) is 6.04. The van der Waals surface area contributed by atoms with Crippen molar-refractivity contribution in [1.29, 1.82) is 0 Å². The third kappa shape index (κ3) is 4.11. The van der Waals surface area contributed by atoms with Gasteiger partial charge in [-0.05, 0) is 44.2 Å². The highest BCUT2D eigenvalue weighted by Crippen LogP contribution is 2.22. The van der Waals surface area contributed by atoms with Crippen molar-refractivity contribution in [2.75, 3.05) is 13.2 Å². The monoisotopic (exact) mass is 411 g/mol. The van der Waals surface area contributed by atoms with Gasteiger partial charge in [0.2, 0.25) is 0 Å². The minimum absolute atomic E-state index is 0.0428. The lowest BCUT2D eigenvalue weighted by Crippen LogP contribution is -2.38. The number of rotatable bonds is 6. The number of nitrogens with zero attached hydrogens (tertiary/aromatic N) is 3. The summed E-state index contributed by atoms with van der Waals surface area (Å²) in [5, 5.41) is 7.63. The average Bonchev–Trinajstić information content (AvgIpc) is 3.41. The molecule has 1 fully saturated rings. The standard InChI is InChI=1S/C22H25N3O3S/c1-15(2)25-21(26)19-10-4-3-9-18(19)20(23-25)22(27)24(13-16-7-5-11-28-16)14-17-8-6-12-29-17/h3-4,6,8-10,12,15-16H,5,7,11,13-14H2,1-2H3. The van der Waals surface area contributed by atoms with Crippen molar-refractivity contribution in [3.05, 3.63) is 62.7 Å². The molecule has 1 aromatic carbocycles. The molecule has 3 heterocycles. The molecule has 1 atom stereocenters. The number of fused-ring (bicyclic) bond motifs is 1. The average molecular weight is 412 g/mol. The Hall–Kier alpha value is -2.51. The van der Waals surface area contributed by atoms with Crippen molar-refractivity contribution in [2.45, 2.75) is 45.4 Å². The maximum Gasteiger partial charge on any atom is 0.275 e. The zero-order chi connectivity index (χ0) is 20.4. The van der Waals surface area contributed by atoms with Gasteiger partial charge in [0.05, 0.1) is 24.1 Å². The Bertz CT molecular complexity index is 1050. The van der Waals surface area contributed by atoms with Crippen molar-refractivity contribution in [3.8, 4) is 0 Å². The van der Waals surface area contributed by atoms with Crippen LogP contribution < -0.4 is 5.56 Å². The summed E-state index contributed by atoms with van der Waals surface area (Å²) in [6.45, 7) is 5.56. The summed E-state index contributed by atoms with van der Waals surface area (Å²) in [4.78, 5) is 29.4. The molecule has 1 saturated heterocycles. The van der Waals surface area contributed by atoms with Crippen LogP contribution in [0.15, 0.2) is 46.6 Å². The van der Waals surface area contributed by atoms with E-state index in [1.54, 1.807) is 23.5 Å². The van der Waals surface area contributed by atoms with Gasteiger partial charge in [0.25, 0.3) is 11.5 Å². The van der Waals surface area contributed by atoms with Crippen molar-refractivity contribution < 1.29 is 9.53 Å². The first-order valence-electron chi connectivity index (χ1n) is 9.99. The number of ether oxygens (including phenoxy) is 1. The Kier molecular flexibility index (Phi) is 5.78. The second kappa shape index (κ2) is 8.47. The molecule has 1 aliphatic rings. The molecule has 29 heavy (non-hydrogen) atoms. The highest BCUT2D eigenvalue weighted by atomic mass is 32.1. The first-order valence-corrected chi connectivity index (χ1v) is 10.9. The number of aromatic nitrogens is 2. The van der Waals surface area contributed by atoms with Gasteiger partial charge in [-0.3, -0.25) is 9.59 Å². The van der Waals surface area contributed by atoms with E-state index in [0.717, 1.165) is 24.3 Å². The third-order valence-electron chi connectivity index (χ3n) is 5.18. The van der Waals surface area contributed by atoms with Gasteiger partial charge < -0.3 is 9.64 Å². The fourth-order valence-corrected chi connectivity index (χ4v) is 4.43. The predicted molar refractivity (Wildman–Crippen MR) is 114 cm³/mol. The van der Waals surface area contributed by atoms with Crippen LogP contribution in [0.1, 0.15) is 48.1 Å². The molecule has 4 rings (SSSR count). The van der Waals surface area contributed by atoms with Crippen LogP contribution in [-0.4, -0.2) is 39.8 Å². The number of hydrogen-bond donors (Lipinski definition) is 0. The summed E-state index contributed by atoms with van der Waals surface area (Å²) in [5.41, 5.74) is 0.152. The molecule has 152 valence electrons. The summed E-state index contributed by atoms with van der Waals surface area (Å²) < 4.78 is 7.20. The van der Waals surface area contributed by atoms with E-state index in [1.807, 2.05) is 48.4 Å². The lowest BCUT2D eigenvalue weighted by Gasteiger charge is -2.25. The number of amides is 1. The zero-order valence-corrected chi connectivity index (χ0v) is 17.5. The lowest BCUT2D eigenvalue weighted by atomic mass is 10.1. The molecule has 0 aliphatic carbocycles. The zero-order valence-electron chi connectivity index (χ0n) is 16.7. The van der Waals surface area contributed by atoms with E-state index in [0.29, 0.717) is 29.6 Å². The van der Waals surface area contributed by atoms with E-state index in [9.17, 15) is 9.59 Å². The molecule has 1 amide bonds. The number of carbonyl (C=O) groups is 1. The van der Waals surface area contributed by atoms with Gasteiger partial charge in [-0.15, -0.1) is 11.3 Å². The second-order valence-electron chi connectivity index (χ2n) is 7.64. The summed E-state index contributed by atoms with van der Waals surface area (Å²) in [6, 6.07) is 11.1. The van der Waals surface area contributed by atoms with Crippen molar-refractivity contribution in [3.63, 3.8) is 0 Å². The van der Waals surface area contributed by atoms with Crippen LogP contribution in [0.25, 0.3) is 10.8 Å². The molecule has 0 N–H and O–H groups in total. The molecule has 2 aromatic heterocycles. The molecule has 0 saturated carbocycles. The Morgan fingerprint density at radius 2 is 2.07 bits per heavy atom. The first-order chi connectivity index (χ1) is 14.0. The van der Waals surface area contributed by atoms with Crippen LogP contribution in [-0.2, 0) is 11.3 Å². The number of benzene rings is 1. The number of thiophene rings is 1. The lowest BCUT2D eigenvalue weighted by molar-refractivity contribution is 0.0504.